The summed E-state index contributed by atoms with van der Waals surface area (Å²) in [6, 6.07) is 1.06. The largest absolute Gasteiger partial charge is 0.250 e. The molecule has 1 atom stereocenters. The molecule has 0 aliphatic rings. The van der Waals surface area contributed by atoms with Gasteiger partial charge in [-0.2, -0.15) is 0 Å². The summed E-state index contributed by atoms with van der Waals surface area (Å²) in [4.78, 5) is 5.38. The Hall–Kier alpha value is 0.01000. The first-order chi connectivity index (χ1) is 9.33. The minimum absolute atomic E-state index is 0.188. The van der Waals surface area contributed by atoms with Gasteiger partial charge >= 0.3 is 0 Å². The normalized spacial score (nSPS) is 13.6. The first-order valence-corrected chi connectivity index (χ1v) is 10.0. The fourth-order valence-corrected chi connectivity index (χ4v) is 6.04. The molecule has 2 aromatic heterocycles. The van der Waals surface area contributed by atoms with Crippen LogP contribution in [0.15, 0.2) is 20.3 Å². The SMILES string of the molecule is CCc1cnc(C(C)NS(=O)(=O)c2cc(Cl)c(Br)s2)s1. The van der Waals surface area contributed by atoms with Gasteiger partial charge < -0.3 is 0 Å². The lowest BCUT2D eigenvalue weighted by Crippen LogP contribution is -2.26. The molecule has 0 aliphatic carbocycles. The molecule has 0 aliphatic heterocycles. The number of aromatic nitrogens is 1. The summed E-state index contributed by atoms with van der Waals surface area (Å²) >= 11 is 11.7. The lowest BCUT2D eigenvalue weighted by molar-refractivity contribution is 0.568. The van der Waals surface area contributed by atoms with Gasteiger partial charge in [0.05, 0.1) is 14.9 Å². The van der Waals surface area contributed by atoms with Crippen molar-refractivity contribution in [3.8, 4) is 0 Å². The van der Waals surface area contributed by atoms with Crippen molar-refractivity contribution in [3.05, 3.63) is 31.0 Å². The van der Waals surface area contributed by atoms with Crippen molar-refractivity contribution < 1.29 is 8.42 Å². The maximum atomic E-state index is 12.3. The van der Waals surface area contributed by atoms with E-state index in [1.54, 1.807) is 13.1 Å². The highest BCUT2D eigenvalue weighted by molar-refractivity contribution is 9.11. The van der Waals surface area contributed by atoms with Crippen LogP contribution in [0.3, 0.4) is 0 Å². The zero-order chi connectivity index (χ0) is 14.9. The van der Waals surface area contributed by atoms with Crippen LogP contribution in [0.2, 0.25) is 5.02 Å². The number of hydrogen-bond acceptors (Lipinski definition) is 5. The molecule has 0 fully saturated rings. The number of nitrogens with one attached hydrogen (secondary N) is 1. The van der Waals surface area contributed by atoms with Crippen molar-refractivity contribution in [2.45, 2.75) is 30.5 Å². The Morgan fingerprint density at radius 3 is 2.70 bits per heavy atom. The quantitative estimate of drug-likeness (QED) is 0.795. The minimum Gasteiger partial charge on any atom is -0.248 e. The predicted octanol–water partition coefficient (Wildman–Crippen LogP) is 4.22. The van der Waals surface area contributed by atoms with Crippen molar-refractivity contribution in [1.82, 2.24) is 9.71 Å². The van der Waals surface area contributed by atoms with Gasteiger partial charge in [0.2, 0.25) is 0 Å². The molecular formula is C11H12BrClN2O2S3. The van der Waals surface area contributed by atoms with Gasteiger partial charge in [-0.15, -0.1) is 22.7 Å². The molecular weight excluding hydrogens is 404 g/mol. The average Bonchev–Trinajstić information content (AvgIpc) is 2.97. The van der Waals surface area contributed by atoms with E-state index in [4.69, 9.17) is 11.6 Å². The highest BCUT2D eigenvalue weighted by Gasteiger charge is 2.23. The van der Waals surface area contributed by atoms with Gasteiger partial charge in [-0.3, -0.25) is 0 Å². The van der Waals surface area contributed by atoms with E-state index < -0.39 is 10.0 Å². The molecule has 0 saturated carbocycles. The average molecular weight is 416 g/mol. The van der Waals surface area contributed by atoms with Crippen LogP contribution in [0.1, 0.15) is 29.8 Å². The molecule has 0 bridgehead atoms. The van der Waals surface area contributed by atoms with Gasteiger partial charge in [0, 0.05) is 11.1 Å². The number of thiazole rings is 1. The Bertz CT molecular complexity index is 692. The molecule has 9 heteroatoms. The highest BCUT2D eigenvalue weighted by Crippen LogP contribution is 2.35. The van der Waals surface area contributed by atoms with Crippen molar-refractivity contribution >= 4 is 60.2 Å². The topological polar surface area (TPSA) is 59.1 Å². The minimum atomic E-state index is -3.59. The Morgan fingerprint density at radius 1 is 1.50 bits per heavy atom. The van der Waals surface area contributed by atoms with E-state index in [-0.39, 0.29) is 10.3 Å². The summed E-state index contributed by atoms with van der Waals surface area (Å²) in [7, 11) is -3.59. The third kappa shape index (κ3) is 3.61. The molecule has 2 aromatic rings. The Morgan fingerprint density at radius 2 is 2.20 bits per heavy atom. The second-order valence-electron chi connectivity index (χ2n) is 4.05. The van der Waals surface area contributed by atoms with Crippen molar-refractivity contribution in [2.24, 2.45) is 0 Å². The second-order valence-corrected chi connectivity index (χ2v) is 9.91. The van der Waals surface area contributed by atoms with E-state index >= 15 is 0 Å². The molecule has 110 valence electrons. The first kappa shape index (κ1) is 16.4. The van der Waals surface area contributed by atoms with Crippen LogP contribution in [0, 0.1) is 0 Å². The number of rotatable bonds is 5. The maximum Gasteiger partial charge on any atom is 0.250 e. The molecule has 0 spiro atoms. The third-order valence-electron chi connectivity index (χ3n) is 2.51. The molecule has 4 nitrogen and oxygen atoms in total. The van der Waals surface area contributed by atoms with Crippen LogP contribution in [0.25, 0.3) is 0 Å². The number of thiophene rings is 1. The summed E-state index contributed by atoms with van der Waals surface area (Å²) in [6.45, 7) is 3.82. The monoisotopic (exact) mass is 414 g/mol. The van der Waals surface area contributed by atoms with Crippen LogP contribution < -0.4 is 4.72 Å². The van der Waals surface area contributed by atoms with Gasteiger partial charge in [0.1, 0.15) is 9.22 Å². The summed E-state index contributed by atoms with van der Waals surface area (Å²) in [5, 5.41) is 1.15. The standard InChI is InChI=1S/C11H12BrClN2O2S3/c1-3-7-5-14-11(18-7)6(2)15-20(16,17)9-4-8(13)10(12)19-9/h4-6,15H,3H2,1-2H3. The molecule has 20 heavy (non-hydrogen) atoms. The number of halogens is 2. The van der Waals surface area contributed by atoms with Crippen molar-refractivity contribution in [1.29, 1.82) is 0 Å². The van der Waals surface area contributed by atoms with E-state index in [0.717, 1.165) is 27.6 Å². The van der Waals surface area contributed by atoms with E-state index in [1.807, 2.05) is 6.92 Å². The van der Waals surface area contributed by atoms with Crippen LogP contribution in [0.4, 0.5) is 0 Å². The molecule has 2 rings (SSSR count). The Labute approximate surface area is 139 Å². The molecule has 0 radical (unpaired) electrons. The molecule has 0 aromatic carbocycles. The van der Waals surface area contributed by atoms with Gasteiger partial charge in [-0.25, -0.2) is 18.1 Å². The van der Waals surface area contributed by atoms with Gasteiger partial charge in [-0.1, -0.05) is 18.5 Å². The summed E-state index contributed by atoms with van der Waals surface area (Å²) in [6.07, 6.45) is 2.67. The fraction of sp³-hybridized carbons (Fsp3) is 0.364. The highest BCUT2D eigenvalue weighted by atomic mass is 79.9. The van der Waals surface area contributed by atoms with E-state index in [0.29, 0.717) is 8.81 Å². The van der Waals surface area contributed by atoms with E-state index in [9.17, 15) is 8.42 Å². The lowest BCUT2D eigenvalue weighted by atomic mass is 10.4. The zero-order valence-corrected chi connectivity index (χ0v) is 15.5. The predicted molar refractivity (Wildman–Crippen MR) is 87.3 cm³/mol. The van der Waals surface area contributed by atoms with E-state index in [2.05, 4.69) is 25.6 Å². The number of aryl methyl sites for hydroxylation is 1. The van der Waals surface area contributed by atoms with Crippen molar-refractivity contribution in [3.63, 3.8) is 0 Å². The molecule has 0 amide bonds. The summed E-state index contributed by atoms with van der Waals surface area (Å²) in [5.41, 5.74) is 0. The van der Waals surface area contributed by atoms with E-state index in [1.165, 1.54) is 17.4 Å². The zero-order valence-electron chi connectivity index (χ0n) is 10.7. The molecule has 1 unspecified atom stereocenters. The maximum absolute atomic E-state index is 12.3. The summed E-state index contributed by atoms with van der Waals surface area (Å²) in [5.74, 6) is 0. The molecule has 2 heterocycles. The first-order valence-electron chi connectivity index (χ1n) is 5.75. The van der Waals surface area contributed by atoms with Crippen molar-refractivity contribution in [2.75, 3.05) is 0 Å². The smallest absolute Gasteiger partial charge is 0.248 e. The molecule has 1 N–H and O–H groups in total. The number of nitrogens with zero attached hydrogens (tertiary/aromatic N) is 1. The fourth-order valence-electron chi connectivity index (χ4n) is 1.49. The van der Waals surface area contributed by atoms with Crippen LogP contribution in [0.5, 0.6) is 0 Å². The van der Waals surface area contributed by atoms with Crippen LogP contribution in [-0.2, 0) is 16.4 Å². The van der Waals surface area contributed by atoms with Gasteiger partial charge in [-0.05, 0) is 35.3 Å². The second kappa shape index (κ2) is 6.41. The number of sulfonamides is 1. The molecule has 0 saturated heterocycles. The van der Waals surface area contributed by atoms with Gasteiger partial charge in [0.25, 0.3) is 10.0 Å². The van der Waals surface area contributed by atoms with Crippen LogP contribution >= 0.6 is 50.2 Å². The summed E-state index contributed by atoms with van der Waals surface area (Å²) < 4.78 is 27.9. The Kier molecular flexibility index (Phi) is 5.25. The Balaban J connectivity index is 2.19. The lowest BCUT2D eigenvalue weighted by Gasteiger charge is -2.10. The third-order valence-corrected chi connectivity index (χ3v) is 8.32. The number of hydrogen-bond donors (Lipinski definition) is 1. The van der Waals surface area contributed by atoms with Crippen LogP contribution in [-0.4, -0.2) is 13.4 Å². The van der Waals surface area contributed by atoms with Gasteiger partial charge in [0.15, 0.2) is 0 Å².